The second-order valence-corrected chi connectivity index (χ2v) is 15.8. The van der Waals surface area contributed by atoms with Gasteiger partial charge in [0.15, 0.2) is 11.6 Å². The first-order valence-electron chi connectivity index (χ1n) is 18.4. The van der Waals surface area contributed by atoms with Gasteiger partial charge in [0.2, 0.25) is 11.8 Å². The average Bonchev–Trinajstić information content (AvgIpc) is 3.77. The van der Waals surface area contributed by atoms with E-state index < -0.39 is 41.6 Å². The minimum absolute atomic E-state index is 0.0761. The van der Waals surface area contributed by atoms with Crippen LogP contribution in [0.5, 0.6) is 5.75 Å². The predicted molar refractivity (Wildman–Crippen MR) is 209 cm³/mol. The number of carbonyl (C=O) groups is 4. The highest BCUT2D eigenvalue weighted by molar-refractivity contribution is 7.99. The van der Waals surface area contributed by atoms with Crippen molar-refractivity contribution in [3.63, 3.8) is 0 Å². The fourth-order valence-corrected chi connectivity index (χ4v) is 8.89. The van der Waals surface area contributed by atoms with Crippen LogP contribution in [0.2, 0.25) is 10.0 Å². The Balaban J connectivity index is 0.833. The molecule has 0 radical (unpaired) electrons. The summed E-state index contributed by atoms with van der Waals surface area (Å²) in [5.41, 5.74) is 8.66. The molecule has 5 heterocycles. The Bertz CT molecular complexity index is 2160. The number of fused-ring (bicyclic) bond motifs is 1. The molecule has 2 unspecified atom stereocenters. The van der Waals surface area contributed by atoms with Crippen LogP contribution in [0, 0.1) is 5.82 Å². The number of nitrogen functional groups attached to an aromatic ring is 1. The van der Waals surface area contributed by atoms with Gasteiger partial charge in [0.25, 0.3) is 11.8 Å². The summed E-state index contributed by atoms with van der Waals surface area (Å²) in [6.45, 7) is 5.56. The monoisotopic (exact) mass is 823 g/mol. The molecule has 4 amide bonds. The summed E-state index contributed by atoms with van der Waals surface area (Å²) in [6, 6.07) is 8.79. The number of aromatic nitrogens is 3. The number of halogens is 3. The lowest BCUT2D eigenvalue weighted by Gasteiger charge is -2.32. The number of nitrogens with zero attached hydrogens (tertiary/aromatic N) is 5. The first kappa shape index (κ1) is 39.7. The predicted octanol–water partition coefficient (Wildman–Crippen LogP) is 6.35. The number of thioether (sulfide) groups is 1. The SMILES string of the molecule is CC(Oc1cc(-c2cnn(C3CCN(CCCOCCSc4cccc5c4C(=O)N(C4CCC(=O)NC4=O)C5=O)CC3)c2)cnc1N)c1c(Cl)ccc(F)c1Cl. The molecule has 17 heteroatoms. The van der Waals surface area contributed by atoms with Gasteiger partial charge < -0.3 is 20.1 Å². The normalized spacial score (nSPS) is 18.4. The maximum Gasteiger partial charge on any atom is 0.263 e. The maximum atomic E-state index is 14.1. The van der Waals surface area contributed by atoms with Gasteiger partial charge in [0, 0.05) is 77.4 Å². The molecule has 2 atom stereocenters. The molecule has 0 spiro atoms. The van der Waals surface area contributed by atoms with Crippen LogP contribution in [0.15, 0.2) is 59.9 Å². The Morgan fingerprint density at radius 2 is 1.84 bits per heavy atom. The second-order valence-electron chi connectivity index (χ2n) is 13.8. The van der Waals surface area contributed by atoms with Crippen molar-refractivity contribution in [1.82, 2.24) is 29.9 Å². The molecule has 0 aliphatic carbocycles. The topological polar surface area (TPSA) is 162 Å². The highest BCUT2D eigenvalue weighted by Crippen LogP contribution is 2.38. The molecule has 2 fully saturated rings. The van der Waals surface area contributed by atoms with Crippen LogP contribution in [0.4, 0.5) is 10.2 Å². The Morgan fingerprint density at radius 1 is 1.04 bits per heavy atom. The Kier molecular flexibility index (Phi) is 12.3. The van der Waals surface area contributed by atoms with E-state index in [1.807, 2.05) is 10.9 Å². The molecular formula is C39H40Cl2FN7O6S. The number of ether oxygens (including phenoxy) is 2. The summed E-state index contributed by atoms with van der Waals surface area (Å²) in [4.78, 5) is 58.8. The lowest BCUT2D eigenvalue weighted by atomic mass is 10.0. The standard InChI is InChI=1S/C39H40Cl2FN7O6S/c1-22(33-27(40)6-7-28(42)35(33)41)55-30-18-23(19-44-36(30)43)24-20-45-48(21-24)25-10-13-47(14-11-25)12-3-15-54-16-17-56-31-5-2-4-26-34(31)39(53)49(38(26)52)29-8-9-32(50)46-37(29)51/h2,4-7,18-22,25,29H,3,8-17H2,1H3,(H2,43,44)(H,46,50,51). The zero-order valence-electron chi connectivity index (χ0n) is 30.5. The van der Waals surface area contributed by atoms with E-state index in [0.717, 1.165) is 54.9 Å². The van der Waals surface area contributed by atoms with Crippen LogP contribution in [-0.2, 0) is 14.3 Å². The van der Waals surface area contributed by atoms with E-state index in [9.17, 15) is 23.6 Å². The number of amides is 4. The van der Waals surface area contributed by atoms with Crippen LogP contribution < -0.4 is 15.8 Å². The summed E-state index contributed by atoms with van der Waals surface area (Å²) in [5, 5.41) is 7.06. The Labute approximate surface area is 337 Å². The number of piperidine rings is 2. The number of hydrogen-bond acceptors (Lipinski definition) is 11. The highest BCUT2D eigenvalue weighted by Gasteiger charge is 2.45. The molecule has 4 aromatic rings. The number of rotatable bonds is 14. The van der Waals surface area contributed by atoms with Crippen LogP contribution in [0.3, 0.4) is 0 Å². The minimum atomic E-state index is -0.993. The summed E-state index contributed by atoms with van der Waals surface area (Å²) in [6.07, 6.45) is 7.73. The number of anilines is 1. The third-order valence-corrected chi connectivity index (χ3v) is 12.0. The molecule has 7 rings (SSSR count). The Morgan fingerprint density at radius 3 is 2.62 bits per heavy atom. The molecule has 0 saturated carbocycles. The van der Waals surface area contributed by atoms with Crippen molar-refractivity contribution in [2.75, 3.05) is 44.3 Å². The van der Waals surface area contributed by atoms with Crippen LogP contribution in [0.1, 0.15) is 77.5 Å². The van der Waals surface area contributed by atoms with Crippen molar-refractivity contribution >= 4 is 64.4 Å². The fourth-order valence-electron chi connectivity index (χ4n) is 7.27. The number of imide groups is 2. The third kappa shape index (κ3) is 8.42. The average molecular weight is 825 g/mol. The second kappa shape index (κ2) is 17.3. The van der Waals surface area contributed by atoms with Crippen molar-refractivity contribution < 1.29 is 33.0 Å². The number of carbonyl (C=O) groups excluding carboxylic acids is 4. The molecular weight excluding hydrogens is 784 g/mol. The van der Waals surface area contributed by atoms with Crippen molar-refractivity contribution in [2.24, 2.45) is 0 Å². The zero-order chi connectivity index (χ0) is 39.5. The van der Waals surface area contributed by atoms with Crippen molar-refractivity contribution in [3.05, 3.63) is 87.5 Å². The van der Waals surface area contributed by atoms with Crippen LogP contribution >= 0.6 is 35.0 Å². The molecule has 56 heavy (non-hydrogen) atoms. The summed E-state index contributed by atoms with van der Waals surface area (Å²) in [5.74, 6) is -1.55. The molecule has 2 aromatic carbocycles. The van der Waals surface area contributed by atoms with Crippen LogP contribution in [-0.4, -0.2) is 92.8 Å². The van der Waals surface area contributed by atoms with E-state index in [4.69, 9.17) is 38.4 Å². The molecule has 13 nitrogen and oxygen atoms in total. The van der Waals surface area contributed by atoms with Gasteiger partial charge >= 0.3 is 0 Å². The zero-order valence-corrected chi connectivity index (χ0v) is 32.8. The minimum Gasteiger partial charge on any atom is -0.482 e. The van der Waals surface area contributed by atoms with Crippen molar-refractivity contribution in [3.8, 4) is 16.9 Å². The lowest BCUT2D eigenvalue weighted by molar-refractivity contribution is -0.136. The quantitative estimate of drug-likeness (QED) is 0.0631. The maximum absolute atomic E-state index is 14.1. The number of nitrogens with two attached hydrogens (primary N) is 1. The van der Waals surface area contributed by atoms with Gasteiger partial charge in [-0.15, -0.1) is 11.8 Å². The molecule has 3 N–H and O–H groups in total. The number of nitrogens with one attached hydrogen (secondary N) is 1. The molecule has 2 aromatic heterocycles. The third-order valence-electron chi connectivity index (χ3n) is 10.2. The van der Waals surface area contributed by atoms with Crippen LogP contribution in [0.25, 0.3) is 11.1 Å². The molecule has 2 saturated heterocycles. The van der Waals surface area contributed by atoms with Gasteiger partial charge in [-0.3, -0.25) is 34.1 Å². The summed E-state index contributed by atoms with van der Waals surface area (Å²) >= 11 is 13.9. The Hall–Kier alpha value is -4.54. The fraction of sp³-hybridized carbons (Fsp3) is 0.385. The van der Waals surface area contributed by atoms with E-state index in [2.05, 4.69) is 20.3 Å². The number of likely N-dealkylation sites (tertiary alicyclic amines) is 1. The van der Waals surface area contributed by atoms with E-state index >= 15 is 0 Å². The number of benzene rings is 2. The first-order chi connectivity index (χ1) is 27.0. The van der Waals surface area contributed by atoms with Gasteiger partial charge in [0.1, 0.15) is 18.0 Å². The molecule has 3 aliphatic heterocycles. The summed E-state index contributed by atoms with van der Waals surface area (Å²) in [7, 11) is 0. The lowest BCUT2D eigenvalue weighted by Crippen LogP contribution is -2.54. The van der Waals surface area contributed by atoms with Gasteiger partial charge in [-0.05, 0) is 62.9 Å². The van der Waals surface area contributed by atoms with Gasteiger partial charge in [0.05, 0.1) is 35.0 Å². The van der Waals surface area contributed by atoms with Crippen molar-refractivity contribution in [2.45, 2.75) is 62.1 Å². The van der Waals surface area contributed by atoms with E-state index in [-0.39, 0.29) is 40.3 Å². The van der Waals surface area contributed by atoms with Gasteiger partial charge in [-0.2, -0.15) is 5.10 Å². The largest absolute Gasteiger partial charge is 0.482 e. The first-order valence-corrected chi connectivity index (χ1v) is 20.1. The smallest absolute Gasteiger partial charge is 0.263 e. The molecule has 294 valence electrons. The van der Waals surface area contributed by atoms with E-state index in [1.54, 1.807) is 43.6 Å². The van der Waals surface area contributed by atoms with Gasteiger partial charge in [-0.1, -0.05) is 29.3 Å². The summed E-state index contributed by atoms with van der Waals surface area (Å²) < 4.78 is 28.1. The van der Waals surface area contributed by atoms with Gasteiger partial charge in [-0.25, -0.2) is 9.37 Å². The van der Waals surface area contributed by atoms with Crippen molar-refractivity contribution in [1.29, 1.82) is 0 Å². The molecule has 0 bridgehead atoms. The molecule has 3 aliphatic rings. The van der Waals surface area contributed by atoms with E-state index in [1.165, 1.54) is 23.9 Å². The van der Waals surface area contributed by atoms with E-state index in [0.29, 0.717) is 40.7 Å². The highest BCUT2D eigenvalue weighted by atomic mass is 35.5. The number of pyridine rings is 1. The number of hydrogen-bond donors (Lipinski definition) is 2.